The highest BCUT2D eigenvalue weighted by Crippen LogP contribution is 2.33. The van der Waals surface area contributed by atoms with E-state index in [1.54, 1.807) is 0 Å². The van der Waals surface area contributed by atoms with Gasteiger partial charge in [0, 0.05) is 66.3 Å². The quantitative estimate of drug-likeness (QED) is 0.122. The number of unbranched alkanes of at least 4 members (excludes halogenated alkanes) is 3. The second kappa shape index (κ2) is 20.4. The molecule has 3 unspecified atom stereocenters. The second-order valence-corrected chi connectivity index (χ2v) is 14.5. The van der Waals surface area contributed by atoms with Gasteiger partial charge in [-0.1, -0.05) is 34.1 Å². The number of amides is 3. The van der Waals surface area contributed by atoms with Crippen molar-refractivity contribution >= 4 is 35.6 Å². The molecular weight excluding hydrogens is 638 g/mol. The first-order chi connectivity index (χ1) is 23.0. The summed E-state index contributed by atoms with van der Waals surface area (Å²) in [7, 11) is 0. The largest absolute Gasteiger partial charge is 0.463 e. The van der Waals surface area contributed by atoms with Gasteiger partial charge in [0.05, 0.1) is 0 Å². The monoisotopic (exact) mass is 697 g/mol. The minimum atomic E-state index is -1.19. The average Bonchev–Trinajstić information content (AvgIpc) is 3.33. The summed E-state index contributed by atoms with van der Waals surface area (Å²) < 4.78 is 27.8. The molecule has 0 aromatic carbocycles. The maximum atomic E-state index is 12.9. The van der Waals surface area contributed by atoms with Gasteiger partial charge in [-0.2, -0.15) is 0 Å². The van der Waals surface area contributed by atoms with Gasteiger partial charge < -0.3 is 39.2 Å². The van der Waals surface area contributed by atoms with E-state index in [0.29, 0.717) is 37.8 Å². The molecule has 3 amide bonds. The number of carbonyl (C=O) groups is 6. The molecule has 2 fully saturated rings. The summed E-state index contributed by atoms with van der Waals surface area (Å²) in [4.78, 5) is 74.8. The first-order valence-electron chi connectivity index (χ1n) is 17.5. The Morgan fingerprint density at radius 2 is 1.49 bits per heavy atom. The third-order valence-electron chi connectivity index (χ3n) is 8.33. The average molecular weight is 698 g/mol. The Morgan fingerprint density at radius 3 is 2.10 bits per heavy atom. The van der Waals surface area contributed by atoms with Gasteiger partial charge in [0.1, 0.15) is 18.8 Å². The number of carbonyl (C=O) groups excluding carboxylic acids is 6. The topological polar surface area (TPSA) is 176 Å². The standard InChI is InChI=1S/C35H59N3O11/c1-22-18-27(19-35(6,7)8)38(20-22)30(44)15-10-9-12-16-36-29(43)14-11-13-17-45-34-31(37-23(2)39)33(48-26(5)42)32(47-25(4)41)28(49-34)21-46-24(3)40/h22,27-28,31-34H,9-21H2,1-8H3,(H,36,43)(H,37,39)/t22-,27+,28?,31?,32+,33?,34-/m1/s1. The van der Waals surface area contributed by atoms with E-state index in [1.807, 2.05) is 0 Å². The van der Waals surface area contributed by atoms with E-state index < -0.39 is 54.5 Å². The highest BCUT2D eigenvalue weighted by atomic mass is 16.7. The smallest absolute Gasteiger partial charge is 0.303 e. The van der Waals surface area contributed by atoms with Crippen LogP contribution in [0.2, 0.25) is 0 Å². The van der Waals surface area contributed by atoms with Crippen molar-refractivity contribution < 1.29 is 52.5 Å². The number of ether oxygens (including phenoxy) is 5. The third-order valence-corrected chi connectivity index (χ3v) is 8.33. The van der Waals surface area contributed by atoms with Crippen LogP contribution in [-0.4, -0.2) is 104 Å². The van der Waals surface area contributed by atoms with E-state index in [9.17, 15) is 28.8 Å². The molecule has 0 spiro atoms. The SMILES string of the molecule is CC(=O)NC1C(OC(C)=O)[C@@H](OC(C)=O)C(COC(C)=O)O[C@H]1OCCCCC(=O)NCCCCCC(=O)N1C[C@H](C)C[C@H]1CC(C)(C)C. The van der Waals surface area contributed by atoms with Crippen molar-refractivity contribution in [3.63, 3.8) is 0 Å². The van der Waals surface area contributed by atoms with Crippen LogP contribution in [0.5, 0.6) is 0 Å². The summed E-state index contributed by atoms with van der Waals surface area (Å²) in [5.41, 5.74) is 0.184. The van der Waals surface area contributed by atoms with Crippen molar-refractivity contribution in [2.45, 2.75) is 150 Å². The molecule has 0 saturated carbocycles. The third kappa shape index (κ3) is 15.9. The minimum absolute atomic E-state index is 0.0854. The number of rotatable bonds is 18. The fourth-order valence-electron chi connectivity index (χ4n) is 6.42. The van der Waals surface area contributed by atoms with Gasteiger partial charge >= 0.3 is 17.9 Å². The molecule has 0 radical (unpaired) electrons. The molecule has 2 saturated heterocycles. The maximum Gasteiger partial charge on any atom is 0.303 e. The number of hydrogen-bond donors (Lipinski definition) is 2. The van der Waals surface area contributed by atoms with Crippen LogP contribution in [0.1, 0.15) is 113 Å². The number of nitrogens with zero attached hydrogens (tertiary/aromatic N) is 1. The Hall–Kier alpha value is -3.26. The lowest BCUT2D eigenvalue weighted by Gasteiger charge is -2.44. The molecule has 14 heteroatoms. The zero-order chi connectivity index (χ0) is 36.7. The fourth-order valence-corrected chi connectivity index (χ4v) is 6.42. The summed E-state index contributed by atoms with van der Waals surface area (Å²) in [6.07, 6.45) is 1.76. The van der Waals surface area contributed by atoms with Crippen LogP contribution < -0.4 is 10.6 Å². The van der Waals surface area contributed by atoms with Crippen LogP contribution in [0.25, 0.3) is 0 Å². The predicted molar refractivity (Wildman–Crippen MR) is 179 cm³/mol. The summed E-state index contributed by atoms with van der Waals surface area (Å²) in [5.74, 6) is -1.76. The lowest BCUT2D eigenvalue weighted by Crippen LogP contribution is -2.66. The van der Waals surface area contributed by atoms with Crippen molar-refractivity contribution in [2.24, 2.45) is 11.3 Å². The second-order valence-electron chi connectivity index (χ2n) is 14.5. The molecule has 0 aromatic heterocycles. The normalized spacial score (nSPS) is 25.3. The van der Waals surface area contributed by atoms with E-state index in [1.165, 1.54) is 27.7 Å². The molecule has 280 valence electrons. The Balaban J connectivity index is 1.78. The Labute approximate surface area is 291 Å². The van der Waals surface area contributed by atoms with Gasteiger partial charge in [-0.3, -0.25) is 28.8 Å². The lowest BCUT2D eigenvalue weighted by atomic mass is 9.86. The molecule has 2 rings (SSSR count). The number of hydrogen-bond acceptors (Lipinski definition) is 11. The summed E-state index contributed by atoms with van der Waals surface area (Å²) in [6.45, 7) is 14.9. The van der Waals surface area contributed by atoms with Crippen LogP contribution in [-0.2, 0) is 52.5 Å². The maximum absolute atomic E-state index is 12.9. The molecule has 14 nitrogen and oxygen atoms in total. The molecule has 2 aliphatic heterocycles. The molecule has 49 heavy (non-hydrogen) atoms. The Bertz CT molecular complexity index is 1120. The van der Waals surface area contributed by atoms with Gasteiger partial charge in [-0.15, -0.1) is 0 Å². The molecule has 0 bridgehead atoms. The summed E-state index contributed by atoms with van der Waals surface area (Å²) in [5, 5.41) is 5.58. The van der Waals surface area contributed by atoms with E-state index in [4.69, 9.17) is 23.7 Å². The highest BCUT2D eigenvalue weighted by Gasteiger charge is 2.51. The predicted octanol–water partition coefficient (Wildman–Crippen LogP) is 3.18. The zero-order valence-corrected chi connectivity index (χ0v) is 30.7. The van der Waals surface area contributed by atoms with Gasteiger partial charge in [-0.05, 0) is 49.9 Å². The fraction of sp³-hybridized carbons (Fsp3) is 0.829. The van der Waals surface area contributed by atoms with Crippen molar-refractivity contribution in [1.82, 2.24) is 15.5 Å². The van der Waals surface area contributed by atoms with Crippen LogP contribution in [0.4, 0.5) is 0 Å². The number of nitrogens with one attached hydrogen (secondary N) is 2. The molecule has 2 heterocycles. The van der Waals surface area contributed by atoms with Crippen LogP contribution in [0, 0.1) is 11.3 Å². The van der Waals surface area contributed by atoms with Crippen molar-refractivity contribution in [3.8, 4) is 0 Å². The zero-order valence-electron chi connectivity index (χ0n) is 30.7. The molecular formula is C35H59N3O11. The van der Waals surface area contributed by atoms with Crippen LogP contribution in [0.3, 0.4) is 0 Å². The van der Waals surface area contributed by atoms with E-state index >= 15 is 0 Å². The molecule has 0 aliphatic carbocycles. The van der Waals surface area contributed by atoms with E-state index in [2.05, 4.69) is 43.2 Å². The number of esters is 3. The molecule has 2 N–H and O–H groups in total. The molecule has 2 aliphatic rings. The summed E-state index contributed by atoms with van der Waals surface area (Å²) >= 11 is 0. The molecule has 7 atom stereocenters. The summed E-state index contributed by atoms with van der Waals surface area (Å²) in [6, 6.07) is -0.718. The Morgan fingerprint density at radius 1 is 0.837 bits per heavy atom. The number of likely N-dealkylation sites (tertiary alicyclic amines) is 1. The van der Waals surface area contributed by atoms with Crippen LogP contribution >= 0.6 is 0 Å². The first kappa shape index (κ1) is 41.9. The van der Waals surface area contributed by atoms with Crippen LogP contribution in [0.15, 0.2) is 0 Å². The van der Waals surface area contributed by atoms with Gasteiger partial charge in [0.2, 0.25) is 17.7 Å². The first-order valence-corrected chi connectivity index (χ1v) is 17.5. The molecule has 0 aromatic rings. The van der Waals surface area contributed by atoms with Gasteiger partial charge in [-0.25, -0.2) is 0 Å². The lowest BCUT2D eigenvalue weighted by molar-refractivity contribution is -0.277. The van der Waals surface area contributed by atoms with Gasteiger partial charge in [0.15, 0.2) is 18.5 Å². The van der Waals surface area contributed by atoms with Crippen molar-refractivity contribution in [2.75, 3.05) is 26.3 Å². The Kier molecular flexibility index (Phi) is 17.5. The van der Waals surface area contributed by atoms with E-state index in [-0.39, 0.29) is 36.9 Å². The van der Waals surface area contributed by atoms with Crippen molar-refractivity contribution in [3.05, 3.63) is 0 Å². The van der Waals surface area contributed by atoms with E-state index in [0.717, 1.165) is 38.6 Å². The minimum Gasteiger partial charge on any atom is -0.463 e. The van der Waals surface area contributed by atoms with Crippen molar-refractivity contribution in [1.29, 1.82) is 0 Å². The highest BCUT2D eigenvalue weighted by molar-refractivity contribution is 5.77. The van der Waals surface area contributed by atoms with Gasteiger partial charge in [0.25, 0.3) is 0 Å².